The normalized spacial score (nSPS) is 12.2. The van der Waals surface area contributed by atoms with E-state index in [9.17, 15) is 9.90 Å². The summed E-state index contributed by atoms with van der Waals surface area (Å²) in [4.78, 5) is 11.3. The maximum atomic E-state index is 10.2. The van der Waals surface area contributed by atoms with Gasteiger partial charge >= 0.3 is 0 Å². The molecule has 1 aromatic heterocycles. The fourth-order valence-electron chi connectivity index (χ4n) is 0.834. The zero-order valence-corrected chi connectivity index (χ0v) is 8.01. The molecule has 3 heteroatoms. The minimum absolute atomic E-state index is 0.674. The van der Waals surface area contributed by atoms with E-state index in [0.717, 1.165) is 11.0 Å². The van der Waals surface area contributed by atoms with Crippen molar-refractivity contribution in [3.05, 3.63) is 40.1 Å². The molecule has 0 bridgehead atoms. The van der Waals surface area contributed by atoms with Gasteiger partial charge < -0.3 is 9.90 Å². The number of carbonyl (C=O) groups is 1. The lowest BCUT2D eigenvalue weighted by Gasteiger charge is -1.93. The van der Waals surface area contributed by atoms with Gasteiger partial charge in [-0.3, -0.25) is 0 Å². The van der Waals surface area contributed by atoms with Crippen LogP contribution in [0.5, 0.6) is 0 Å². The molecule has 0 aromatic carbocycles. The molecule has 0 fully saturated rings. The van der Waals surface area contributed by atoms with Gasteiger partial charge in [-0.25, -0.2) is 0 Å². The lowest BCUT2D eigenvalue weighted by molar-refractivity contribution is -0.297. The summed E-state index contributed by atoms with van der Waals surface area (Å²) in [5.41, 5.74) is 0.674. The molecule has 0 aliphatic rings. The molecule has 0 unspecified atom stereocenters. The molecule has 0 amide bonds. The second-order valence-electron chi connectivity index (χ2n) is 2.56. The SMILES string of the molecule is CC(=C/C(=O)[O-])/C=C/c1cccs1. The molecule has 1 heterocycles. The van der Waals surface area contributed by atoms with Gasteiger partial charge in [0.15, 0.2) is 0 Å². The van der Waals surface area contributed by atoms with Crippen LogP contribution in [0.1, 0.15) is 11.8 Å². The highest BCUT2D eigenvalue weighted by Crippen LogP contribution is 2.11. The Morgan fingerprint density at radius 2 is 2.38 bits per heavy atom. The molecule has 0 radical (unpaired) electrons. The average molecular weight is 193 g/mol. The maximum Gasteiger partial charge on any atom is 0.0645 e. The summed E-state index contributed by atoms with van der Waals surface area (Å²) in [5.74, 6) is -1.16. The number of carboxylic acids is 1. The second kappa shape index (κ2) is 4.62. The first-order valence-corrected chi connectivity index (χ1v) is 4.67. The molecular weight excluding hydrogens is 184 g/mol. The van der Waals surface area contributed by atoms with Crippen LogP contribution in [0.25, 0.3) is 6.08 Å². The van der Waals surface area contributed by atoms with Gasteiger partial charge in [-0.05, 0) is 36.1 Å². The third kappa shape index (κ3) is 3.71. The molecule has 68 valence electrons. The number of thiophene rings is 1. The van der Waals surface area contributed by atoms with E-state index in [4.69, 9.17) is 0 Å². The lowest BCUT2D eigenvalue weighted by Crippen LogP contribution is -2.19. The first kappa shape index (κ1) is 9.74. The fourth-order valence-corrected chi connectivity index (χ4v) is 1.45. The van der Waals surface area contributed by atoms with Crippen LogP contribution >= 0.6 is 11.3 Å². The topological polar surface area (TPSA) is 40.1 Å². The van der Waals surface area contributed by atoms with Crippen molar-refractivity contribution in [3.63, 3.8) is 0 Å². The van der Waals surface area contributed by atoms with E-state index in [0.29, 0.717) is 5.57 Å². The first-order chi connectivity index (χ1) is 6.18. The van der Waals surface area contributed by atoms with E-state index in [1.807, 2.05) is 23.6 Å². The van der Waals surface area contributed by atoms with Crippen LogP contribution in [0.2, 0.25) is 0 Å². The van der Waals surface area contributed by atoms with Crippen LogP contribution in [0.4, 0.5) is 0 Å². The first-order valence-electron chi connectivity index (χ1n) is 3.79. The fraction of sp³-hybridized carbons (Fsp3) is 0.100. The van der Waals surface area contributed by atoms with Crippen molar-refractivity contribution in [2.24, 2.45) is 0 Å². The Morgan fingerprint density at radius 3 is 2.92 bits per heavy atom. The Labute approximate surface area is 80.8 Å². The number of hydrogen-bond acceptors (Lipinski definition) is 3. The van der Waals surface area contributed by atoms with Gasteiger partial charge in [0.05, 0.1) is 5.97 Å². The molecule has 0 aliphatic heterocycles. The Hall–Kier alpha value is -1.35. The quantitative estimate of drug-likeness (QED) is 0.538. The summed E-state index contributed by atoms with van der Waals surface area (Å²) < 4.78 is 0. The van der Waals surface area contributed by atoms with E-state index in [2.05, 4.69) is 0 Å². The van der Waals surface area contributed by atoms with Crippen molar-refractivity contribution in [1.82, 2.24) is 0 Å². The van der Waals surface area contributed by atoms with Gasteiger partial charge in [0, 0.05) is 4.88 Å². The highest BCUT2D eigenvalue weighted by atomic mass is 32.1. The monoisotopic (exact) mass is 193 g/mol. The second-order valence-corrected chi connectivity index (χ2v) is 3.54. The summed E-state index contributed by atoms with van der Waals surface area (Å²) >= 11 is 1.61. The van der Waals surface area contributed by atoms with Crippen LogP contribution < -0.4 is 5.11 Å². The van der Waals surface area contributed by atoms with Gasteiger partial charge in [0.25, 0.3) is 0 Å². The molecule has 0 aliphatic carbocycles. The molecule has 0 atom stereocenters. The number of carbonyl (C=O) groups excluding carboxylic acids is 1. The molecular formula is C10H9O2S-. The smallest absolute Gasteiger partial charge is 0.0645 e. The molecule has 0 spiro atoms. The predicted octanol–water partition coefficient (Wildman–Crippen LogP) is 1.46. The molecule has 1 rings (SSSR count). The largest absolute Gasteiger partial charge is 0.545 e. The van der Waals surface area contributed by atoms with Crippen molar-refractivity contribution in [2.75, 3.05) is 0 Å². The summed E-state index contributed by atoms with van der Waals surface area (Å²) in [5, 5.41) is 12.1. The zero-order chi connectivity index (χ0) is 9.68. The van der Waals surface area contributed by atoms with E-state index in [1.54, 1.807) is 24.3 Å². The van der Waals surface area contributed by atoms with Gasteiger partial charge in [0.2, 0.25) is 0 Å². The van der Waals surface area contributed by atoms with Crippen molar-refractivity contribution in [3.8, 4) is 0 Å². The third-order valence-electron chi connectivity index (χ3n) is 1.40. The number of carboxylic acid groups (broad SMARTS) is 1. The van der Waals surface area contributed by atoms with Crippen molar-refractivity contribution in [2.45, 2.75) is 6.92 Å². The van der Waals surface area contributed by atoms with E-state index in [1.165, 1.54) is 0 Å². The standard InChI is InChI=1S/C10H10O2S/c1-8(7-10(11)12)4-5-9-3-2-6-13-9/h2-7H,1H3,(H,11,12)/p-1/b5-4+,8-7-. The van der Waals surface area contributed by atoms with Gasteiger partial charge in [-0.15, -0.1) is 11.3 Å². The molecule has 1 aromatic rings. The number of hydrogen-bond donors (Lipinski definition) is 0. The lowest BCUT2D eigenvalue weighted by atomic mass is 10.2. The maximum absolute atomic E-state index is 10.2. The average Bonchev–Trinajstić information content (AvgIpc) is 2.51. The zero-order valence-electron chi connectivity index (χ0n) is 7.19. The van der Waals surface area contributed by atoms with Crippen molar-refractivity contribution in [1.29, 1.82) is 0 Å². The van der Waals surface area contributed by atoms with Crippen LogP contribution in [-0.4, -0.2) is 5.97 Å². The molecule has 2 nitrogen and oxygen atoms in total. The third-order valence-corrected chi connectivity index (χ3v) is 2.24. The summed E-state index contributed by atoms with van der Waals surface area (Å²) in [6.07, 6.45) is 4.70. The van der Waals surface area contributed by atoms with Gasteiger partial charge in [-0.1, -0.05) is 12.1 Å². The number of aliphatic carboxylic acids is 1. The predicted molar refractivity (Wildman–Crippen MR) is 52.1 cm³/mol. The van der Waals surface area contributed by atoms with Gasteiger partial charge in [0.1, 0.15) is 0 Å². The van der Waals surface area contributed by atoms with Crippen LogP contribution in [0.15, 0.2) is 35.2 Å². The molecule has 0 N–H and O–H groups in total. The number of rotatable bonds is 3. The molecule has 13 heavy (non-hydrogen) atoms. The summed E-state index contributed by atoms with van der Waals surface area (Å²) in [6, 6.07) is 3.91. The van der Waals surface area contributed by atoms with Gasteiger partial charge in [-0.2, -0.15) is 0 Å². The Balaban J connectivity index is 2.64. The summed E-state index contributed by atoms with van der Waals surface area (Å²) in [6.45, 7) is 1.72. The Morgan fingerprint density at radius 1 is 1.62 bits per heavy atom. The van der Waals surface area contributed by atoms with Crippen LogP contribution in [0.3, 0.4) is 0 Å². The summed E-state index contributed by atoms with van der Waals surface area (Å²) in [7, 11) is 0. The van der Waals surface area contributed by atoms with Crippen LogP contribution in [0, 0.1) is 0 Å². The minimum Gasteiger partial charge on any atom is -0.545 e. The van der Waals surface area contributed by atoms with Crippen LogP contribution in [-0.2, 0) is 4.79 Å². The minimum atomic E-state index is -1.16. The van der Waals surface area contributed by atoms with E-state index < -0.39 is 5.97 Å². The molecule has 0 saturated carbocycles. The molecule has 0 saturated heterocycles. The number of allylic oxidation sites excluding steroid dienone is 2. The van der Waals surface area contributed by atoms with E-state index >= 15 is 0 Å². The van der Waals surface area contributed by atoms with Crippen molar-refractivity contribution >= 4 is 23.4 Å². The Kier molecular flexibility index (Phi) is 3.46. The highest BCUT2D eigenvalue weighted by molar-refractivity contribution is 7.10. The Bertz CT molecular complexity index is 334. The van der Waals surface area contributed by atoms with Crippen molar-refractivity contribution < 1.29 is 9.90 Å². The van der Waals surface area contributed by atoms with E-state index in [-0.39, 0.29) is 0 Å². The highest BCUT2D eigenvalue weighted by Gasteiger charge is 1.86.